The van der Waals surface area contributed by atoms with Crippen LogP contribution in [0, 0.1) is 0 Å². The predicted molar refractivity (Wildman–Crippen MR) is 70.4 cm³/mol. The van der Waals surface area contributed by atoms with Crippen molar-refractivity contribution in [3.05, 3.63) is 68.5 Å². The highest BCUT2D eigenvalue weighted by Crippen LogP contribution is 2.42. The van der Waals surface area contributed by atoms with Crippen molar-refractivity contribution < 1.29 is 0 Å². The third-order valence-electron chi connectivity index (χ3n) is 4.30. The smallest absolute Gasteiger partial charge is 0.246 e. The van der Waals surface area contributed by atoms with Crippen molar-refractivity contribution in [2.75, 3.05) is 0 Å². The monoisotopic (exact) mass is 255 g/mol. The quantitative estimate of drug-likeness (QED) is 0.647. The Morgan fingerprint density at radius 1 is 1.16 bits per heavy atom. The van der Waals surface area contributed by atoms with Gasteiger partial charge in [0.2, 0.25) is 0 Å². The Morgan fingerprint density at radius 3 is 2.68 bits per heavy atom. The molecule has 19 heavy (non-hydrogen) atoms. The van der Waals surface area contributed by atoms with E-state index in [1.165, 1.54) is 11.6 Å². The van der Waals surface area contributed by atoms with Gasteiger partial charge in [0.25, 0.3) is 0 Å². The molecule has 1 aromatic carbocycles. The van der Waals surface area contributed by atoms with Crippen LogP contribution in [-0.4, -0.2) is 13.9 Å². The molecule has 5 nitrogen and oxygen atoms in total. The first-order chi connectivity index (χ1) is 9.05. The van der Waals surface area contributed by atoms with E-state index in [2.05, 4.69) is 0 Å². The summed E-state index contributed by atoms with van der Waals surface area (Å²) in [6.07, 6.45) is 4.02. The van der Waals surface area contributed by atoms with Crippen molar-refractivity contribution in [3.63, 3.8) is 0 Å². The number of benzene rings is 1. The summed E-state index contributed by atoms with van der Waals surface area (Å²) in [4.78, 5) is 24.6. The maximum absolute atomic E-state index is 12.3. The van der Waals surface area contributed by atoms with E-state index in [1.807, 2.05) is 43.3 Å². The maximum atomic E-state index is 12.3. The van der Waals surface area contributed by atoms with E-state index in [1.54, 1.807) is 9.36 Å². The van der Waals surface area contributed by atoms with Crippen LogP contribution in [0.15, 0.2) is 46.0 Å². The van der Waals surface area contributed by atoms with Crippen molar-refractivity contribution in [3.8, 4) is 0 Å². The van der Waals surface area contributed by atoms with E-state index >= 15 is 0 Å². The zero-order chi connectivity index (χ0) is 13.4. The molecule has 2 aromatic rings. The molecule has 0 fully saturated rings. The van der Waals surface area contributed by atoms with Gasteiger partial charge < -0.3 is 0 Å². The average molecular weight is 255 g/mol. The Labute approximate surface area is 109 Å². The largest absolute Gasteiger partial charge is 0.348 e. The second kappa shape index (κ2) is 2.99. The van der Waals surface area contributed by atoms with Crippen LogP contribution in [0.2, 0.25) is 0 Å². The predicted octanol–water partition coefficient (Wildman–Crippen LogP) is 0.585. The van der Waals surface area contributed by atoms with E-state index in [0.717, 1.165) is 11.1 Å². The molecule has 1 aromatic heterocycles. The van der Waals surface area contributed by atoms with Gasteiger partial charge in [0, 0.05) is 7.05 Å². The summed E-state index contributed by atoms with van der Waals surface area (Å²) in [7, 11) is 1.52. The van der Waals surface area contributed by atoms with Gasteiger partial charge in [-0.15, -0.1) is 0 Å². The topological polar surface area (TPSA) is 48.9 Å². The van der Waals surface area contributed by atoms with Crippen LogP contribution in [0.25, 0.3) is 0 Å². The molecule has 1 aliphatic carbocycles. The van der Waals surface area contributed by atoms with Crippen LogP contribution in [-0.2, 0) is 12.6 Å². The summed E-state index contributed by atoms with van der Waals surface area (Å²) >= 11 is 0. The van der Waals surface area contributed by atoms with E-state index < -0.39 is 5.54 Å². The summed E-state index contributed by atoms with van der Waals surface area (Å²) in [5, 5.41) is 0. The summed E-state index contributed by atoms with van der Waals surface area (Å²) in [6.45, 7) is 1.97. The zero-order valence-electron chi connectivity index (χ0n) is 10.7. The van der Waals surface area contributed by atoms with Gasteiger partial charge in [-0.2, -0.15) is 0 Å². The van der Waals surface area contributed by atoms with Gasteiger partial charge in [0.05, 0.1) is 6.04 Å². The highest BCUT2D eigenvalue weighted by molar-refractivity contribution is 5.47. The molecular weight excluding hydrogens is 242 g/mol. The Bertz CT molecular complexity index is 852. The first kappa shape index (κ1) is 10.6. The molecule has 96 valence electrons. The van der Waals surface area contributed by atoms with Crippen molar-refractivity contribution in [2.45, 2.75) is 18.5 Å². The lowest BCUT2D eigenvalue weighted by molar-refractivity contribution is 0.283. The number of hydrogen-bond donors (Lipinski definition) is 0. The summed E-state index contributed by atoms with van der Waals surface area (Å²) in [5.41, 5.74) is 1.08. The van der Waals surface area contributed by atoms with Crippen molar-refractivity contribution in [1.82, 2.24) is 13.9 Å². The molecule has 5 rings (SSSR count). The van der Waals surface area contributed by atoms with E-state index in [9.17, 15) is 9.59 Å². The fraction of sp³-hybridized carbons (Fsp3) is 0.286. The number of rotatable bonds is 0. The van der Waals surface area contributed by atoms with E-state index in [4.69, 9.17) is 0 Å². The third-order valence-corrected chi connectivity index (χ3v) is 4.30. The Kier molecular flexibility index (Phi) is 1.67. The van der Waals surface area contributed by atoms with Crippen LogP contribution in [0.1, 0.15) is 24.1 Å². The SMILES string of the molecule is Cn1c(=O)n2n(c1=O)[C@@]1(C)C=C[C@@H]2c2ccccc21. The number of nitrogens with zero attached hydrogens (tertiary/aromatic N) is 3. The highest BCUT2D eigenvalue weighted by Gasteiger charge is 2.44. The molecule has 2 aliphatic heterocycles. The van der Waals surface area contributed by atoms with Gasteiger partial charge in [0.15, 0.2) is 0 Å². The minimum atomic E-state index is -0.581. The third kappa shape index (κ3) is 0.985. The van der Waals surface area contributed by atoms with Crippen molar-refractivity contribution in [1.29, 1.82) is 0 Å². The lowest BCUT2D eigenvalue weighted by Crippen LogP contribution is -2.50. The minimum absolute atomic E-state index is 0.181. The van der Waals surface area contributed by atoms with E-state index in [-0.39, 0.29) is 17.4 Å². The average Bonchev–Trinajstić information content (AvgIpc) is 2.66. The molecule has 0 radical (unpaired) electrons. The van der Waals surface area contributed by atoms with Gasteiger partial charge in [-0.1, -0.05) is 36.4 Å². The van der Waals surface area contributed by atoms with Crippen LogP contribution in [0.3, 0.4) is 0 Å². The molecule has 0 saturated carbocycles. The van der Waals surface area contributed by atoms with Gasteiger partial charge in [0.1, 0.15) is 5.54 Å². The summed E-state index contributed by atoms with van der Waals surface area (Å²) in [5.74, 6) is 0. The first-order valence-electron chi connectivity index (χ1n) is 6.25. The number of allylic oxidation sites excluding steroid dienone is 2. The zero-order valence-corrected chi connectivity index (χ0v) is 10.7. The number of hydrogen-bond acceptors (Lipinski definition) is 2. The second-order valence-corrected chi connectivity index (χ2v) is 5.32. The Morgan fingerprint density at radius 2 is 1.89 bits per heavy atom. The second-order valence-electron chi connectivity index (χ2n) is 5.32. The van der Waals surface area contributed by atoms with Crippen molar-refractivity contribution >= 4 is 0 Å². The molecule has 0 N–H and O–H groups in total. The molecule has 0 amide bonds. The molecule has 2 bridgehead atoms. The van der Waals surface area contributed by atoms with Crippen LogP contribution < -0.4 is 11.4 Å². The van der Waals surface area contributed by atoms with Crippen LogP contribution in [0.4, 0.5) is 0 Å². The molecule has 0 unspecified atom stereocenters. The standard InChI is InChI=1S/C14H13N3O2/c1-14-8-7-11(9-5-3-4-6-10(9)14)16-12(18)15(2)13(19)17(14)16/h3-8,11H,1-2H3/t11-,14+/m1/s1. The lowest BCUT2D eigenvalue weighted by Gasteiger charge is -2.42. The molecule has 3 heterocycles. The highest BCUT2D eigenvalue weighted by atomic mass is 16.2. The maximum Gasteiger partial charge on any atom is 0.348 e. The fourth-order valence-electron chi connectivity index (χ4n) is 3.31. The lowest BCUT2D eigenvalue weighted by atomic mass is 9.79. The fourth-order valence-corrected chi connectivity index (χ4v) is 3.31. The molecular formula is C14H13N3O2. The van der Waals surface area contributed by atoms with Crippen LogP contribution in [0.5, 0.6) is 0 Å². The molecule has 5 heteroatoms. The normalized spacial score (nSPS) is 26.3. The minimum Gasteiger partial charge on any atom is -0.246 e. The Balaban J connectivity index is 2.23. The number of aromatic nitrogens is 3. The Hall–Kier alpha value is -2.30. The summed E-state index contributed by atoms with van der Waals surface area (Å²) in [6, 6.07) is 7.80. The first-order valence-corrected chi connectivity index (χ1v) is 6.25. The van der Waals surface area contributed by atoms with Gasteiger partial charge in [-0.3, -0.25) is 0 Å². The molecule has 0 saturated heterocycles. The molecule has 0 spiro atoms. The molecule has 2 atom stereocenters. The van der Waals surface area contributed by atoms with Gasteiger partial charge in [-0.25, -0.2) is 23.5 Å². The van der Waals surface area contributed by atoms with Gasteiger partial charge in [-0.05, 0) is 18.1 Å². The van der Waals surface area contributed by atoms with Gasteiger partial charge >= 0.3 is 11.4 Å². The van der Waals surface area contributed by atoms with Crippen LogP contribution >= 0.6 is 0 Å². The molecule has 3 aliphatic rings. The summed E-state index contributed by atoms with van der Waals surface area (Å²) < 4.78 is 4.30. The van der Waals surface area contributed by atoms with E-state index in [0.29, 0.717) is 0 Å². The van der Waals surface area contributed by atoms with Crippen molar-refractivity contribution in [2.24, 2.45) is 7.05 Å².